The predicted molar refractivity (Wildman–Crippen MR) is 65.5 cm³/mol. The molecule has 2 N–H and O–H groups in total. The average molecular weight is 281 g/mol. The summed E-state index contributed by atoms with van der Waals surface area (Å²) in [6.07, 6.45) is 4.98. The van der Waals surface area contributed by atoms with Crippen LogP contribution in [0.4, 0.5) is 0 Å². The molecule has 0 fully saturated rings. The van der Waals surface area contributed by atoms with Gasteiger partial charge in [-0.3, -0.25) is 4.98 Å². The van der Waals surface area contributed by atoms with Gasteiger partial charge in [-0.05, 0) is 12.1 Å². The molecule has 0 aliphatic rings. The molecular weight excluding hydrogens is 274 g/mol. The number of primary sulfonamides is 1. The van der Waals surface area contributed by atoms with Gasteiger partial charge in [0, 0.05) is 18.0 Å². The molecular formula is C9H7N5O2S2. The van der Waals surface area contributed by atoms with E-state index in [1.165, 1.54) is 4.52 Å². The molecule has 0 aliphatic carbocycles. The lowest BCUT2D eigenvalue weighted by Crippen LogP contribution is -2.12. The molecule has 0 radical (unpaired) electrons. The van der Waals surface area contributed by atoms with E-state index in [9.17, 15) is 8.42 Å². The Balaban J connectivity index is 2.12. The van der Waals surface area contributed by atoms with Crippen LogP contribution < -0.4 is 5.14 Å². The highest BCUT2D eigenvalue weighted by Crippen LogP contribution is 2.22. The maximum Gasteiger partial charge on any atom is 0.267 e. The van der Waals surface area contributed by atoms with Gasteiger partial charge in [0.2, 0.25) is 9.30 Å². The van der Waals surface area contributed by atoms with Crippen molar-refractivity contribution in [3.63, 3.8) is 0 Å². The molecule has 0 amide bonds. The highest BCUT2D eigenvalue weighted by molar-refractivity contribution is 7.91. The summed E-state index contributed by atoms with van der Waals surface area (Å²) in [6, 6.07) is 3.66. The van der Waals surface area contributed by atoms with Gasteiger partial charge >= 0.3 is 0 Å². The SMILES string of the molecule is NS(=O)(=O)c1nn2cc(-c3cccnc3)nc2s1. The Hall–Kier alpha value is -1.84. The zero-order chi connectivity index (χ0) is 12.8. The third-order valence-corrected chi connectivity index (χ3v) is 4.46. The summed E-state index contributed by atoms with van der Waals surface area (Å²) in [5.74, 6) is 0. The van der Waals surface area contributed by atoms with E-state index in [0.717, 1.165) is 16.9 Å². The number of fused-ring (bicyclic) bond motifs is 1. The maximum atomic E-state index is 11.1. The second-order valence-electron chi connectivity index (χ2n) is 3.51. The largest absolute Gasteiger partial charge is 0.267 e. The Morgan fingerprint density at radius 3 is 2.83 bits per heavy atom. The molecule has 18 heavy (non-hydrogen) atoms. The van der Waals surface area contributed by atoms with Gasteiger partial charge in [0.1, 0.15) is 0 Å². The maximum absolute atomic E-state index is 11.1. The van der Waals surface area contributed by atoms with Crippen LogP contribution in [0.5, 0.6) is 0 Å². The van der Waals surface area contributed by atoms with Gasteiger partial charge in [0.15, 0.2) is 0 Å². The van der Waals surface area contributed by atoms with Crippen molar-refractivity contribution in [2.24, 2.45) is 5.14 Å². The molecule has 3 rings (SSSR count). The van der Waals surface area contributed by atoms with E-state index < -0.39 is 10.0 Å². The summed E-state index contributed by atoms with van der Waals surface area (Å²) in [4.78, 5) is 8.74. The van der Waals surface area contributed by atoms with Crippen LogP contribution in [0.15, 0.2) is 35.1 Å². The van der Waals surface area contributed by atoms with Crippen molar-refractivity contribution in [2.45, 2.75) is 4.34 Å². The van der Waals surface area contributed by atoms with Crippen LogP contribution in [0, 0.1) is 0 Å². The lowest BCUT2D eigenvalue weighted by molar-refractivity contribution is 0.595. The van der Waals surface area contributed by atoms with Crippen LogP contribution in [0.25, 0.3) is 16.2 Å². The van der Waals surface area contributed by atoms with Gasteiger partial charge in [0.25, 0.3) is 10.0 Å². The molecule has 0 saturated carbocycles. The number of rotatable bonds is 2. The van der Waals surface area contributed by atoms with Crippen LogP contribution in [-0.4, -0.2) is 28.0 Å². The summed E-state index contributed by atoms with van der Waals surface area (Å²) >= 11 is 0.927. The molecule has 0 unspecified atom stereocenters. The van der Waals surface area contributed by atoms with Crippen LogP contribution in [-0.2, 0) is 10.0 Å². The number of nitrogens with zero attached hydrogens (tertiary/aromatic N) is 4. The molecule has 3 aromatic rings. The summed E-state index contributed by atoms with van der Waals surface area (Å²) in [6.45, 7) is 0. The Morgan fingerprint density at radius 2 is 2.22 bits per heavy atom. The average Bonchev–Trinajstić information content (AvgIpc) is 2.86. The third kappa shape index (κ3) is 1.88. The predicted octanol–water partition coefficient (Wildman–Crippen LogP) is 0.500. The lowest BCUT2D eigenvalue weighted by Gasteiger charge is -1.92. The first-order valence-corrected chi connectivity index (χ1v) is 7.20. The van der Waals surface area contributed by atoms with Crippen molar-refractivity contribution in [1.29, 1.82) is 0 Å². The van der Waals surface area contributed by atoms with E-state index in [4.69, 9.17) is 5.14 Å². The fourth-order valence-electron chi connectivity index (χ4n) is 1.45. The van der Waals surface area contributed by atoms with E-state index in [-0.39, 0.29) is 4.34 Å². The number of pyridine rings is 1. The van der Waals surface area contributed by atoms with E-state index in [2.05, 4.69) is 15.1 Å². The molecule has 3 heterocycles. The number of hydrogen-bond donors (Lipinski definition) is 1. The zero-order valence-corrected chi connectivity index (χ0v) is 10.5. The monoisotopic (exact) mass is 281 g/mol. The molecule has 0 aliphatic heterocycles. The first-order valence-electron chi connectivity index (χ1n) is 4.83. The van der Waals surface area contributed by atoms with Crippen molar-refractivity contribution in [3.05, 3.63) is 30.7 Å². The Kier molecular flexibility index (Phi) is 2.40. The standard InChI is InChI=1S/C9H7N5O2S2/c10-18(15,16)9-13-14-5-7(12-8(14)17-9)6-2-1-3-11-4-6/h1-5H,(H2,10,15,16). The van der Waals surface area contributed by atoms with Gasteiger partial charge in [-0.25, -0.2) is 23.1 Å². The first kappa shape index (κ1) is 11.3. The molecule has 0 aromatic carbocycles. The molecule has 0 saturated heterocycles. The molecule has 0 bridgehead atoms. The van der Waals surface area contributed by atoms with Crippen LogP contribution in [0.3, 0.4) is 0 Å². The van der Waals surface area contributed by atoms with Crippen molar-refractivity contribution in [1.82, 2.24) is 19.6 Å². The number of sulfonamides is 1. The van der Waals surface area contributed by atoms with Gasteiger partial charge < -0.3 is 0 Å². The Labute approximate surface area is 106 Å². The second-order valence-corrected chi connectivity index (χ2v) is 6.20. The summed E-state index contributed by atoms with van der Waals surface area (Å²) in [5.41, 5.74) is 1.52. The van der Waals surface area contributed by atoms with E-state index in [0.29, 0.717) is 10.7 Å². The molecule has 0 atom stereocenters. The van der Waals surface area contributed by atoms with Crippen molar-refractivity contribution < 1.29 is 8.42 Å². The third-order valence-electron chi connectivity index (χ3n) is 2.23. The van der Waals surface area contributed by atoms with Crippen molar-refractivity contribution in [3.8, 4) is 11.3 Å². The van der Waals surface area contributed by atoms with Gasteiger partial charge in [-0.1, -0.05) is 11.3 Å². The number of aromatic nitrogens is 4. The van der Waals surface area contributed by atoms with Gasteiger partial charge in [0.05, 0.1) is 11.9 Å². The van der Waals surface area contributed by atoms with Crippen molar-refractivity contribution in [2.75, 3.05) is 0 Å². The minimum atomic E-state index is -3.78. The second kappa shape index (κ2) is 3.83. The molecule has 3 aromatic heterocycles. The van der Waals surface area contributed by atoms with Crippen LogP contribution >= 0.6 is 11.3 Å². The zero-order valence-electron chi connectivity index (χ0n) is 8.89. The quantitative estimate of drug-likeness (QED) is 0.736. The van der Waals surface area contributed by atoms with Crippen LogP contribution in [0.2, 0.25) is 0 Å². The Bertz CT molecular complexity index is 774. The molecule has 0 spiro atoms. The fourth-order valence-corrected chi connectivity index (χ4v) is 2.96. The normalized spacial score (nSPS) is 12.1. The van der Waals surface area contributed by atoms with E-state index >= 15 is 0 Å². The first-order chi connectivity index (χ1) is 8.54. The number of nitrogens with two attached hydrogens (primary N) is 1. The smallest absolute Gasteiger partial charge is 0.264 e. The Morgan fingerprint density at radius 1 is 1.39 bits per heavy atom. The molecule has 92 valence electrons. The summed E-state index contributed by atoms with van der Waals surface area (Å²) < 4.78 is 23.5. The fraction of sp³-hybridized carbons (Fsp3) is 0. The van der Waals surface area contributed by atoms with Gasteiger partial charge in [-0.15, -0.1) is 5.10 Å². The topological polar surface area (TPSA) is 103 Å². The van der Waals surface area contributed by atoms with Gasteiger partial charge in [-0.2, -0.15) is 0 Å². The number of hydrogen-bond acceptors (Lipinski definition) is 6. The molecule has 9 heteroatoms. The van der Waals surface area contributed by atoms with Crippen molar-refractivity contribution >= 4 is 26.3 Å². The molecule has 7 nitrogen and oxygen atoms in total. The highest BCUT2D eigenvalue weighted by Gasteiger charge is 2.17. The highest BCUT2D eigenvalue weighted by atomic mass is 32.2. The minimum Gasteiger partial charge on any atom is -0.264 e. The minimum absolute atomic E-state index is 0.150. The van der Waals surface area contributed by atoms with E-state index in [1.807, 2.05) is 6.07 Å². The number of imidazole rings is 1. The summed E-state index contributed by atoms with van der Waals surface area (Å²) in [7, 11) is -3.78. The van der Waals surface area contributed by atoms with Crippen LogP contribution in [0.1, 0.15) is 0 Å². The summed E-state index contributed by atoms with van der Waals surface area (Å²) in [5, 5.41) is 8.87. The van der Waals surface area contributed by atoms with E-state index in [1.54, 1.807) is 24.7 Å². The lowest BCUT2D eigenvalue weighted by atomic mass is 10.2.